The average molecular weight is 342 g/mol. The Kier molecular flexibility index (Phi) is 5.33. The minimum absolute atomic E-state index is 0.300. The van der Waals surface area contributed by atoms with Crippen molar-refractivity contribution in [2.45, 2.75) is 20.3 Å². The number of nitrogens with zero attached hydrogens (tertiary/aromatic N) is 2. The number of nitrogens with one attached hydrogen (secondary N) is 2. The van der Waals surface area contributed by atoms with Crippen LogP contribution in [0.4, 0.5) is 11.6 Å². The molecule has 2 aromatic rings. The molecule has 1 aliphatic heterocycles. The fourth-order valence-electron chi connectivity index (χ4n) is 2.36. The third kappa shape index (κ3) is 4.59. The van der Waals surface area contributed by atoms with Crippen LogP contribution in [0, 0.1) is 5.92 Å². The van der Waals surface area contributed by atoms with Gasteiger partial charge in [-0.1, -0.05) is 13.8 Å². The molecule has 0 radical (unpaired) electrons. The lowest BCUT2D eigenvalue weighted by molar-refractivity contribution is 0.102. The molecule has 0 spiro atoms. The van der Waals surface area contributed by atoms with Gasteiger partial charge in [0, 0.05) is 24.5 Å². The number of fused-ring (bicyclic) bond motifs is 1. The van der Waals surface area contributed by atoms with E-state index in [-0.39, 0.29) is 5.91 Å². The van der Waals surface area contributed by atoms with Crippen molar-refractivity contribution < 1.29 is 14.3 Å². The van der Waals surface area contributed by atoms with Crippen molar-refractivity contribution in [3.05, 3.63) is 36.2 Å². The molecule has 0 aliphatic carbocycles. The van der Waals surface area contributed by atoms with E-state index >= 15 is 0 Å². The summed E-state index contributed by atoms with van der Waals surface area (Å²) < 4.78 is 11.0. The molecule has 2 N–H and O–H groups in total. The number of aromatic nitrogens is 2. The lowest BCUT2D eigenvalue weighted by atomic mass is 10.1. The lowest BCUT2D eigenvalue weighted by Crippen LogP contribution is -2.17. The number of anilines is 2. The summed E-state index contributed by atoms with van der Waals surface area (Å²) in [7, 11) is 0. The van der Waals surface area contributed by atoms with Crippen LogP contribution in [0.1, 0.15) is 30.8 Å². The van der Waals surface area contributed by atoms with Crippen molar-refractivity contribution in [3.63, 3.8) is 0 Å². The summed E-state index contributed by atoms with van der Waals surface area (Å²) in [6.07, 6.45) is 2.58. The van der Waals surface area contributed by atoms with Crippen LogP contribution in [0.3, 0.4) is 0 Å². The van der Waals surface area contributed by atoms with E-state index in [0.717, 1.165) is 13.0 Å². The minimum atomic E-state index is -0.300. The highest BCUT2D eigenvalue weighted by Crippen LogP contribution is 2.32. The first-order chi connectivity index (χ1) is 12.1. The van der Waals surface area contributed by atoms with E-state index in [1.54, 1.807) is 30.5 Å². The van der Waals surface area contributed by atoms with E-state index in [1.165, 1.54) is 0 Å². The molecule has 132 valence electrons. The van der Waals surface area contributed by atoms with Gasteiger partial charge in [-0.05, 0) is 30.5 Å². The van der Waals surface area contributed by atoms with Gasteiger partial charge in [0.05, 0.1) is 0 Å². The monoisotopic (exact) mass is 342 g/mol. The van der Waals surface area contributed by atoms with Crippen molar-refractivity contribution in [1.82, 2.24) is 9.97 Å². The molecule has 1 aliphatic rings. The molecule has 1 aromatic heterocycles. The van der Waals surface area contributed by atoms with Gasteiger partial charge in [-0.2, -0.15) is 0 Å². The zero-order valence-electron chi connectivity index (χ0n) is 14.4. The lowest BCUT2D eigenvalue weighted by Gasteiger charge is -2.19. The maximum absolute atomic E-state index is 12.4. The van der Waals surface area contributed by atoms with Gasteiger partial charge in [-0.3, -0.25) is 4.79 Å². The molecular formula is C18H22N4O3. The SMILES string of the molecule is CC(C)CCNc1nccc(C(=O)Nc2ccc3c(c2)OCCO3)n1. The topological polar surface area (TPSA) is 85.4 Å². The van der Waals surface area contributed by atoms with Crippen LogP contribution in [0.2, 0.25) is 0 Å². The normalized spacial score (nSPS) is 12.8. The molecule has 0 saturated heterocycles. The van der Waals surface area contributed by atoms with Crippen molar-refractivity contribution in [2.24, 2.45) is 5.92 Å². The van der Waals surface area contributed by atoms with Crippen molar-refractivity contribution >= 4 is 17.5 Å². The molecule has 3 rings (SSSR count). The quantitative estimate of drug-likeness (QED) is 0.839. The molecule has 25 heavy (non-hydrogen) atoms. The fraction of sp³-hybridized carbons (Fsp3) is 0.389. The first-order valence-electron chi connectivity index (χ1n) is 8.40. The average Bonchev–Trinajstić information content (AvgIpc) is 2.61. The summed E-state index contributed by atoms with van der Waals surface area (Å²) in [5, 5.41) is 5.95. The molecule has 1 aromatic carbocycles. The Morgan fingerprint density at radius 1 is 1.20 bits per heavy atom. The highest BCUT2D eigenvalue weighted by molar-refractivity contribution is 6.03. The third-order valence-electron chi connectivity index (χ3n) is 3.69. The number of hydrogen-bond acceptors (Lipinski definition) is 6. The van der Waals surface area contributed by atoms with Crippen molar-refractivity contribution in [2.75, 3.05) is 30.4 Å². The van der Waals surface area contributed by atoms with Crippen LogP contribution in [-0.2, 0) is 0 Å². The van der Waals surface area contributed by atoms with E-state index in [9.17, 15) is 4.79 Å². The molecule has 7 heteroatoms. The molecule has 7 nitrogen and oxygen atoms in total. The summed E-state index contributed by atoms with van der Waals surface area (Å²) in [6, 6.07) is 6.88. The number of hydrogen-bond donors (Lipinski definition) is 2. The second kappa shape index (κ2) is 7.83. The predicted octanol–water partition coefficient (Wildman–Crippen LogP) is 2.96. The van der Waals surface area contributed by atoms with Gasteiger partial charge in [0.15, 0.2) is 11.5 Å². The van der Waals surface area contributed by atoms with Crippen molar-refractivity contribution in [3.8, 4) is 11.5 Å². The van der Waals surface area contributed by atoms with Gasteiger partial charge in [0.2, 0.25) is 5.95 Å². The number of ether oxygens (including phenoxy) is 2. The van der Waals surface area contributed by atoms with Crippen LogP contribution in [0.5, 0.6) is 11.5 Å². The maximum atomic E-state index is 12.4. The zero-order valence-corrected chi connectivity index (χ0v) is 14.4. The van der Waals surface area contributed by atoms with E-state index < -0.39 is 0 Å². The Balaban J connectivity index is 1.65. The zero-order chi connectivity index (χ0) is 17.6. The predicted molar refractivity (Wildman–Crippen MR) is 95.4 cm³/mol. The Hall–Kier alpha value is -2.83. The molecule has 0 fully saturated rings. The van der Waals surface area contributed by atoms with E-state index in [1.807, 2.05) is 0 Å². The van der Waals surface area contributed by atoms with Crippen LogP contribution in [-0.4, -0.2) is 35.6 Å². The number of carbonyl (C=O) groups excluding carboxylic acids is 1. The Morgan fingerprint density at radius 2 is 2.00 bits per heavy atom. The van der Waals surface area contributed by atoms with Crippen LogP contribution < -0.4 is 20.1 Å². The molecule has 2 heterocycles. The van der Waals surface area contributed by atoms with Gasteiger partial charge in [-0.25, -0.2) is 9.97 Å². The maximum Gasteiger partial charge on any atom is 0.274 e. The molecule has 0 saturated carbocycles. The molecule has 0 bridgehead atoms. The van der Waals surface area contributed by atoms with Crippen LogP contribution >= 0.6 is 0 Å². The van der Waals surface area contributed by atoms with Crippen LogP contribution in [0.15, 0.2) is 30.5 Å². The largest absolute Gasteiger partial charge is 0.486 e. The summed E-state index contributed by atoms with van der Waals surface area (Å²) in [5.74, 6) is 2.06. The Morgan fingerprint density at radius 3 is 2.80 bits per heavy atom. The molecule has 1 amide bonds. The van der Waals surface area contributed by atoms with E-state index in [4.69, 9.17) is 9.47 Å². The second-order valence-corrected chi connectivity index (χ2v) is 6.19. The highest BCUT2D eigenvalue weighted by Gasteiger charge is 2.14. The Bertz CT molecular complexity index is 749. The summed E-state index contributed by atoms with van der Waals surface area (Å²) >= 11 is 0. The van der Waals surface area contributed by atoms with Gasteiger partial charge in [0.1, 0.15) is 18.9 Å². The van der Waals surface area contributed by atoms with Gasteiger partial charge in [0.25, 0.3) is 5.91 Å². The third-order valence-corrected chi connectivity index (χ3v) is 3.69. The molecular weight excluding hydrogens is 320 g/mol. The highest BCUT2D eigenvalue weighted by atomic mass is 16.6. The first kappa shape index (κ1) is 17.0. The minimum Gasteiger partial charge on any atom is -0.486 e. The fourth-order valence-corrected chi connectivity index (χ4v) is 2.36. The van der Waals surface area contributed by atoms with Crippen molar-refractivity contribution in [1.29, 1.82) is 0 Å². The van der Waals surface area contributed by atoms with Gasteiger partial charge in [-0.15, -0.1) is 0 Å². The standard InChI is InChI=1S/C18H22N4O3/c1-12(2)5-7-19-18-20-8-6-14(22-18)17(23)21-13-3-4-15-16(11-13)25-10-9-24-15/h3-4,6,8,11-12H,5,7,9-10H2,1-2H3,(H,21,23)(H,19,20,22). The summed E-state index contributed by atoms with van der Waals surface area (Å²) in [5.41, 5.74) is 0.930. The Labute approximate surface area is 146 Å². The van der Waals surface area contributed by atoms with Gasteiger partial charge >= 0.3 is 0 Å². The molecule has 0 unspecified atom stereocenters. The number of amides is 1. The number of benzene rings is 1. The van der Waals surface area contributed by atoms with Crippen LogP contribution in [0.25, 0.3) is 0 Å². The summed E-state index contributed by atoms with van der Waals surface area (Å²) in [4.78, 5) is 20.8. The second-order valence-electron chi connectivity index (χ2n) is 6.19. The molecule has 0 atom stereocenters. The summed E-state index contributed by atoms with van der Waals surface area (Å²) in [6.45, 7) is 6.11. The smallest absolute Gasteiger partial charge is 0.274 e. The van der Waals surface area contributed by atoms with E-state index in [2.05, 4.69) is 34.4 Å². The number of carbonyl (C=O) groups is 1. The first-order valence-corrected chi connectivity index (χ1v) is 8.40. The van der Waals surface area contributed by atoms with E-state index in [0.29, 0.717) is 48.0 Å². The number of rotatable bonds is 6. The van der Waals surface area contributed by atoms with Gasteiger partial charge < -0.3 is 20.1 Å².